The Labute approximate surface area is 74.9 Å². The van der Waals surface area contributed by atoms with E-state index in [2.05, 4.69) is 21.8 Å². The van der Waals surface area contributed by atoms with Crippen molar-refractivity contribution in [1.29, 1.82) is 0 Å². The maximum atomic E-state index is 5.60. The molecule has 62 valence electrons. The Kier molecular flexibility index (Phi) is 2.86. The Bertz CT molecular complexity index is 339. The maximum Gasteiger partial charge on any atom is 0.172 e. The summed E-state index contributed by atoms with van der Waals surface area (Å²) < 4.78 is 0. The van der Waals surface area contributed by atoms with Crippen LogP contribution in [0.1, 0.15) is 5.69 Å². The smallest absolute Gasteiger partial charge is 0.172 e. The largest absolute Gasteiger partial charge is 0.381 e. The first-order valence-electron chi connectivity index (χ1n) is 3.21. The molecule has 0 spiro atoms. The van der Waals surface area contributed by atoms with Crippen LogP contribution in [0.25, 0.3) is 0 Å². The summed E-state index contributed by atoms with van der Waals surface area (Å²) in [6.07, 6.45) is 1.45. The van der Waals surface area contributed by atoms with Crippen molar-refractivity contribution in [2.45, 2.75) is 0 Å². The molecule has 1 rings (SSSR count). The predicted octanol–water partition coefficient (Wildman–Crippen LogP) is 0.0224. The highest BCUT2D eigenvalue weighted by Crippen LogP contribution is 2.10. The maximum absolute atomic E-state index is 5.60. The zero-order valence-electron chi connectivity index (χ0n) is 6.21. The predicted molar refractivity (Wildman–Crippen MR) is 47.4 cm³/mol. The van der Waals surface area contributed by atoms with Crippen LogP contribution in [-0.2, 0) is 0 Å². The lowest BCUT2D eigenvalue weighted by Gasteiger charge is -1.94. The van der Waals surface area contributed by atoms with E-state index in [4.69, 9.17) is 23.1 Å². The molecule has 0 aliphatic carbocycles. The summed E-state index contributed by atoms with van der Waals surface area (Å²) in [4.78, 5) is 7.63. The summed E-state index contributed by atoms with van der Waals surface area (Å²) in [5.74, 6) is 5.51. The van der Waals surface area contributed by atoms with E-state index < -0.39 is 0 Å². The first-order chi connectivity index (χ1) is 5.74. The zero-order chi connectivity index (χ0) is 8.97. The van der Waals surface area contributed by atoms with Gasteiger partial charge in [-0.1, -0.05) is 17.5 Å². The lowest BCUT2D eigenvalue weighted by atomic mass is 10.4. The Hall–Kier alpha value is -1.31. The van der Waals surface area contributed by atoms with E-state index in [0.717, 1.165) is 0 Å². The molecule has 0 radical (unpaired) electrons. The van der Waals surface area contributed by atoms with Crippen LogP contribution in [0, 0.1) is 11.8 Å². The fraction of sp³-hybridized carbons (Fsp3) is 0.143. The average molecular weight is 183 g/mol. The molecule has 1 heterocycles. The van der Waals surface area contributed by atoms with Gasteiger partial charge in [0, 0.05) is 0 Å². The van der Waals surface area contributed by atoms with Crippen molar-refractivity contribution in [3.63, 3.8) is 0 Å². The molecule has 0 aliphatic heterocycles. The van der Waals surface area contributed by atoms with E-state index in [1.54, 1.807) is 0 Å². The molecule has 0 bridgehead atoms. The molecule has 4 N–H and O–H groups in total. The van der Waals surface area contributed by atoms with Crippen LogP contribution in [0.15, 0.2) is 6.20 Å². The number of hydrogen-bond donors (Lipinski definition) is 2. The van der Waals surface area contributed by atoms with Crippen LogP contribution in [0.2, 0.25) is 5.15 Å². The van der Waals surface area contributed by atoms with Gasteiger partial charge in [-0.15, -0.1) is 0 Å². The van der Waals surface area contributed by atoms with Gasteiger partial charge in [-0.05, 0) is 5.92 Å². The van der Waals surface area contributed by atoms with Crippen molar-refractivity contribution in [2.75, 3.05) is 12.3 Å². The molecular weight excluding hydrogens is 176 g/mol. The number of nitrogen functional groups attached to an aromatic ring is 1. The van der Waals surface area contributed by atoms with E-state index in [9.17, 15) is 0 Å². The zero-order valence-corrected chi connectivity index (χ0v) is 6.97. The van der Waals surface area contributed by atoms with Crippen LogP contribution in [-0.4, -0.2) is 16.5 Å². The summed E-state index contributed by atoms with van der Waals surface area (Å²) in [7, 11) is 0. The van der Waals surface area contributed by atoms with Gasteiger partial charge in [-0.3, -0.25) is 0 Å². The normalized spacial score (nSPS) is 8.83. The van der Waals surface area contributed by atoms with Gasteiger partial charge in [-0.25, -0.2) is 9.97 Å². The summed E-state index contributed by atoms with van der Waals surface area (Å²) >= 11 is 5.60. The van der Waals surface area contributed by atoms with E-state index in [1.165, 1.54) is 6.20 Å². The molecule has 0 unspecified atom stereocenters. The second kappa shape index (κ2) is 3.90. The summed E-state index contributed by atoms with van der Waals surface area (Å²) in [6, 6.07) is 0. The molecule has 0 atom stereocenters. The molecule has 0 fully saturated rings. The van der Waals surface area contributed by atoms with Gasteiger partial charge in [0.1, 0.15) is 5.69 Å². The Morgan fingerprint density at radius 2 is 2.33 bits per heavy atom. The molecule has 12 heavy (non-hydrogen) atoms. The second-order valence-electron chi connectivity index (χ2n) is 1.94. The number of rotatable bonds is 0. The third kappa shape index (κ3) is 2.09. The van der Waals surface area contributed by atoms with E-state index in [1.807, 2.05) is 0 Å². The molecule has 5 heteroatoms. The SMILES string of the molecule is NCC#Cc1cnc(N)c(Cl)n1. The van der Waals surface area contributed by atoms with Crippen molar-refractivity contribution in [2.24, 2.45) is 5.73 Å². The minimum absolute atomic E-state index is 0.166. The highest BCUT2D eigenvalue weighted by atomic mass is 35.5. The lowest BCUT2D eigenvalue weighted by Crippen LogP contribution is -1.96. The fourth-order valence-corrected chi connectivity index (χ4v) is 0.718. The lowest BCUT2D eigenvalue weighted by molar-refractivity contribution is 1.18. The van der Waals surface area contributed by atoms with Crippen LogP contribution < -0.4 is 11.5 Å². The minimum Gasteiger partial charge on any atom is -0.381 e. The Morgan fingerprint density at radius 1 is 1.58 bits per heavy atom. The molecule has 1 aromatic rings. The van der Waals surface area contributed by atoms with Crippen molar-refractivity contribution in [3.8, 4) is 11.8 Å². The highest BCUT2D eigenvalue weighted by Gasteiger charge is 1.97. The van der Waals surface area contributed by atoms with Crippen molar-refractivity contribution in [3.05, 3.63) is 17.0 Å². The third-order valence-corrected chi connectivity index (χ3v) is 1.35. The molecular formula is C7H7ClN4. The molecule has 0 aliphatic rings. The van der Waals surface area contributed by atoms with E-state index in [0.29, 0.717) is 5.69 Å². The van der Waals surface area contributed by atoms with Crippen molar-refractivity contribution in [1.82, 2.24) is 9.97 Å². The fourth-order valence-electron chi connectivity index (χ4n) is 0.578. The van der Waals surface area contributed by atoms with E-state index in [-0.39, 0.29) is 17.5 Å². The number of anilines is 1. The van der Waals surface area contributed by atoms with Crippen molar-refractivity contribution < 1.29 is 0 Å². The molecule has 4 nitrogen and oxygen atoms in total. The topological polar surface area (TPSA) is 77.8 Å². The van der Waals surface area contributed by atoms with Gasteiger partial charge in [-0.2, -0.15) is 0 Å². The van der Waals surface area contributed by atoms with Crippen LogP contribution in [0.5, 0.6) is 0 Å². The average Bonchev–Trinajstić information content (AvgIpc) is 2.07. The van der Waals surface area contributed by atoms with Gasteiger partial charge in [0.25, 0.3) is 0 Å². The molecule has 0 saturated carbocycles. The number of aromatic nitrogens is 2. The second-order valence-corrected chi connectivity index (χ2v) is 2.30. The minimum atomic E-state index is 0.166. The number of hydrogen-bond acceptors (Lipinski definition) is 4. The van der Waals surface area contributed by atoms with Crippen molar-refractivity contribution >= 4 is 17.4 Å². The summed E-state index contributed by atoms with van der Waals surface area (Å²) in [5, 5.41) is 0.166. The van der Waals surface area contributed by atoms with Gasteiger partial charge in [0.2, 0.25) is 0 Å². The number of nitrogens with two attached hydrogens (primary N) is 2. The highest BCUT2D eigenvalue weighted by molar-refractivity contribution is 6.31. The van der Waals surface area contributed by atoms with E-state index >= 15 is 0 Å². The monoisotopic (exact) mass is 182 g/mol. The van der Waals surface area contributed by atoms with Gasteiger partial charge in [0.05, 0.1) is 12.7 Å². The molecule has 0 aromatic carbocycles. The third-order valence-electron chi connectivity index (χ3n) is 1.07. The van der Waals surface area contributed by atoms with Gasteiger partial charge >= 0.3 is 0 Å². The first kappa shape index (κ1) is 8.78. The van der Waals surface area contributed by atoms with Gasteiger partial charge in [0.15, 0.2) is 11.0 Å². The standard InChI is InChI=1S/C7H7ClN4/c8-6-7(10)11-4-5(12-6)2-1-3-9/h4H,3,9H2,(H2,10,11). The molecule has 0 saturated heterocycles. The molecule has 1 aromatic heterocycles. The summed E-state index contributed by atoms with van der Waals surface area (Å²) in [5.41, 5.74) is 11.0. The Morgan fingerprint density at radius 3 is 2.92 bits per heavy atom. The quantitative estimate of drug-likeness (QED) is 0.555. The van der Waals surface area contributed by atoms with Gasteiger partial charge < -0.3 is 11.5 Å². The number of nitrogens with zero attached hydrogens (tertiary/aromatic N) is 2. The number of halogens is 1. The van der Waals surface area contributed by atoms with Crippen LogP contribution in [0.4, 0.5) is 5.82 Å². The first-order valence-corrected chi connectivity index (χ1v) is 3.59. The molecule has 0 amide bonds. The summed E-state index contributed by atoms with van der Waals surface area (Å²) in [6.45, 7) is 0.281. The van der Waals surface area contributed by atoms with Crippen LogP contribution >= 0.6 is 11.6 Å². The Balaban J connectivity index is 2.97. The van der Waals surface area contributed by atoms with Crippen LogP contribution in [0.3, 0.4) is 0 Å².